The highest BCUT2D eigenvalue weighted by atomic mass is 32.1. The van der Waals surface area contributed by atoms with Gasteiger partial charge in [-0.3, -0.25) is 0 Å². The van der Waals surface area contributed by atoms with Gasteiger partial charge < -0.3 is 5.73 Å². The van der Waals surface area contributed by atoms with Crippen molar-refractivity contribution in [2.75, 3.05) is 0 Å². The minimum absolute atomic E-state index is 0.178. The van der Waals surface area contributed by atoms with Gasteiger partial charge in [-0.05, 0) is 12.1 Å². The van der Waals surface area contributed by atoms with Gasteiger partial charge in [0.15, 0.2) is 0 Å². The molecule has 0 aliphatic rings. The van der Waals surface area contributed by atoms with E-state index in [9.17, 15) is 9.18 Å². The van der Waals surface area contributed by atoms with Gasteiger partial charge in [-0.15, -0.1) is 4.36 Å². The molecule has 0 saturated heterocycles. The highest BCUT2D eigenvalue weighted by Crippen LogP contribution is 1.91. The van der Waals surface area contributed by atoms with Crippen molar-refractivity contribution in [1.29, 1.82) is 0 Å². The van der Waals surface area contributed by atoms with Crippen molar-refractivity contribution in [3.63, 3.8) is 0 Å². The summed E-state index contributed by atoms with van der Waals surface area (Å²) in [4.78, 5) is 9.32. The number of urea groups is 1. The van der Waals surface area contributed by atoms with E-state index in [1.54, 1.807) is 18.2 Å². The number of benzene rings is 1. The Morgan fingerprint density at radius 3 is 2.00 bits per heavy atom. The van der Waals surface area contributed by atoms with Crippen molar-refractivity contribution in [2.45, 2.75) is 0 Å². The lowest BCUT2D eigenvalue weighted by molar-refractivity contribution is 0.257. The van der Waals surface area contributed by atoms with Crippen LogP contribution >= 0.6 is 0 Å². The van der Waals surface area contributed by atoms with Crippen LogP contribution in [-0.2, 0) is 12.4 Å². The summed E-state index contributed by atoms with van der Waals surface area (Å²) in [6.45, 7) is 0. The Morgan fingerprint density at radius 2 is 1.83 bits per heavy atom. The molecule has 0 radical (unpaired) electrons. The molecule has 0 bridgehead atoms. The minimum atomic E-state index is -0.806. The van der Waals surface area contributed by atoms with E-state index >= 15 is 0 Å². The van der Waals surface area contributed by atoms with Gasteiger partial charge in [-0.1, -0.05) is 18.2 Å². The van der Waals surface area contributed by atoms with Crippen molar-refractivity contribution in [2.24, 2.45) is 10.1 Å². The third kappa shape index (κ3) is 6.76. The van der Waals surface area contributed by atoms with Crippen LogP contribution in [0.25, 0.3) is 0 Å². The summed E-state index contributed by atoms with van der Waals surface area (Å²) in [6, 6.07) is 7.13. The summed E-state index contributed by atoms with van der Waals surface area (Å²) in [6.07, 6.45) is 0. The third-order valence-corrected chi connectivity index (χ3v) is 1.00. The van der Waals surface area contributed by atoms with Crippen molar-refractivity contribution in [1.82, 2.24) is 0 Å². The first kappa shape index (κ1) is 10.6. The minimum Gasteiger partial charge on any atom is -0.349 e. The summed E-state index contributed by atoms with van der Waals surface area (Å²) in [5.41, 5.74) is 4.38. The maximum absolute atomic E-state index is 11.9. The van der Waals surface area contributed by atoms with E-state index < -0.39 is 6.03 Å². The maximum atomic E-state index is 11.9. The highest BCUT2D eigenvalue weighted by Gasteiger charge is 1.77. The standard InChI is InChI=1S/C6H5F.CH2N2OS/c7-6-4-2-1-3-5-6;2-1(4)3-5/h1-5H;(H2,2,4). The molecule has 0 unspecified atom stereocenters. The fourth-order valence-corrected chi connectivity index (χ4v) is 0.415. The molecule has 0 spiro atoms. The molecule has 12 heavy (non-hydrogen) atoms. The van der Waals surface area contributed by atoms with E-state index in [4.69, 9.17) is 0 Å². The zero-order valence-corrected chi connectivity index (χ0v) is 6.92. The first-order valence-electron chi connectivity index (χ1n) is 3.00. The number of carbonyl (C=O) groups is 1. The smallest absolute Gasteiger partial charge is 0.349 e. The lowest BCUT2D eigenvalue weighted by Gasteiger charge is -1.78. The van der Waals surface area contributed by atoms with Crippen molar-refractivity contribution >= 4 is 18.5 Å². The highest BCUT2D eigenvalue weighted by molar-refractivity contribution is 7.47. The zero-order chi connectivity index (χ0) is 9.40. The number of hydrogen-bond donors (Lipinski definition) is 1. The average Bonchev–Trinajstić information content (AvgIpc) is 2.07. The molecule has 2 N–H and O–H groups in total. The number of amides is 2. The molecule has 0 heterocycles. The second-order valence-electron chi connectivity index (χ2n) is 1.73. The molecule has 1 rings (SSSR count). The van der Waals surface area contributed by atoms with E-state index in [1.165, 1.54) is 12.1 Å². The van der Waals surface area contributed by atoms with Gasteiger partial charge in [0.1, 0.15) is 5.82 Å². The second kappa shape index (κ2) is 6.36. The molecular formula is C7H7FN2OS. The van der Waals surface area contributed by atoms with Gasteiger partial charge in [0.2, 0.25) is 0 Å². The van der Waals surface area contributed by atoms with Crippen LogP contribution in [-0.4, -0.2) is 6.03 Å². The van der Waals surface area contributed by atoms with Gasteiger partial charge in [-0.25, -0.2) is 9.18 Å². The third-order valence-electron chi connectivity index (χ3n) is 0.823. The van der Waals surface area contributed by atoms with Crippen LogP contribution in [0.15, 0.2) is 34.7 Å². The molecule has 0 aliphatic carbocycles. The summed E-state index contributed by atoms with van der Waals surface area (Å²) < 4.78 is 14.5. The van der Waals surface area contributed by atoms with E-state index in [-0.39, 0.29) is 5.82 Å². The van der Waals surface area contributed by atoms with Crippen LogP contribution in [0.1, 0.15) is 0 Å². The van der Waals surface area contributed by atoms with Crippen LogP contribution in [0.3, 0.4) is 0 Å². The summed E-state index contributed by atoms with van der Waals surface area (Å²) in [7, 11) is 0. The Labute approximate surface area is 74.6 Å². The molecule has 1 aromatic carbocycles. The molecule has 0 saturated carbocycles. The van der Waals surface area contributed by atoms with Crippen LogP contribution in [0.4, 0.5) is 9.18 Å². The Kier molecular flexibility index (Phi) is 5.64. The van der Waals surface area contributed by atoms with Crippen LogP contribution in [0.2, 0.25) is 0 Å². The number of carbonyl (C=O) groups excluding carboxylic acids is 1. The van der Waals surface area contributed by atoms with E-state index in [0.29, 0.717) is 0 Å². The Hall–Kier alpha value is -1.36. The number of primary amides is 1. The van der Waals surface area contributed by atoms with Crippen LogP contribution in [0.5, 0.6) is 0 Å². The molecule has 3 nitrogen and oxygen atoms in total. The van der Waals surface area contributed by atoms with Gasteiger partial charge in [0, 0.05) is 12.4 Å². The molecule has 64 valence electrons. The predicted molar refractivity (Wildman–Crippen MR) is 45.8 cm³/mol. The first-order valence-corrected chi connectivity index (χ1v) is 3.36. The average molecular weight is 186 g/mol. The van der Waals surface area contributed by atoms with E-state index in [1.807, 2.05) is 0 Å². The van der Waals surface area contributed by atoms with Crippen LogP contribution in [0, 0.1) is 5.82 Å². The van der Waals surface area contributed by atoms with Gasteiger partial charge in [-0.2, -0.15) is 0 Å². The molecule has 0 fully saturated rings. The molecule has 2 amide bonds. The molecule has 0 aromatic heterocycles. The monoisotopic (exact) mass is 186 g/mol. The van der Waals surface area contributed by atoms with Gasteiger partial charge in [0.25, 0.3) is 0 Å². The Bertz CT molecular complexity index is 253. The molecule has 0 atom stereocenters. The SMILES string of the molecule is Fc1ccccc1.NC(=O)N=S. The van der Waals surface area contributed by atoms with E-state index in [2.05, 4.69) is 22.5 Å². The van der Waals surface area contributed by atoms with Crippen LogP contribution < -0.4 is 5.73 Å². The lowest BCUT2D eigenvalue weighted by Crippen LogP contribution is -2.01. The quantitative estimate of drug-likeness (QED) is 0.669. The largest absolute Gasteiger partial charge is 0.349 e. The van der Waals surface area contributed by atoms with Crippen molar-refractivity contribution < 1.29 is 9.18 Å². The van der Waals surface area contributed by atoms with Gasteiger partial charge >= 0.3 is 6.03 Å². The second-order valence-corrected chi connectivity index (χ2v) is 1.91. The number of nitrogens with two attached hydrogens (primary N) is 1. The summed E-state index contributed by atoms with van der Waals surface area (Å²) >= 11 is 3.83. The fraction of sp³-hybridized carbons (Fsp3) is 0. The number of nitrogens with zero attached hydrogens (tertiary/aromatic N) is 1. The topological polar surface area (TPSA) is 55.5 Å². The predicted octanol–water partition coefficient (Wildman–Crippen LogP) is 1.62. The summed E-state index contributed by atoms with van der Waals surface area (Å²) in [5, 5.41) is 0. The number of halogens is 1. The zero-order valence-electron chi connectivity index (χ0n) is 6.11. The van der Waals surface area contributed by atoms with Crippen molar-refractivity contribution in [3.8, 4) is 0 Å². The van der Waals surface area contributed by atoms with E-state index in [0.717, 1.165) is 0 Å². The summed E-state index contributed by atoms with van der Waals surface area (Å²) in [5.74, 6) is -0.178. The molecular weight excluding hydrogens is 179 g/mol. The Balaban J connectivity index is 0.000000217. The Morgan fingerprint density at radius 1 is 1.42 bits per heavy atom. The fourth-order valence-electron chi connectivity index (χ4n) is 0.415. The number of rotatable bonds is 0. The number of hydrogen-bond acceptors (Lipinski definition) is 2. The molecule has 0 aliphatic heterocycles. The van der Waals surface area contributed by atoms with Gasteiger partial charge in [0.05, 0.1) is 0 Å². The first-order chi connectivity index (χ1) is 5.66. The molecule has 1 aromatic rings. The maximum Gasteiger partial charge on any atom is 0.349 e. The normalized spacial score (nSPS) is 7.75. The lowest BCUT2D eigenvalue weighted by atomic mass is 10.4. The van der Waals surface area contributed by atoms with Crippen molar-refractivity contribution in [3.05, 3.63) is 36.1 Å². The molecule has 5 heteroatoms.